The average molecular weight is 300 g/mol. The van der Waals surface area contributed by atoms with Gasteiger partial charge in [-0.05, 0) is 18.4 Å². The molecule has 0 radical (unpaired) electrons. The Kier molecular flexibility index (Phi) is 4.22. The van der Waals surface area contributed by atoms with Crippen LogP contribution in [0.3, 0.4) is 0 Å². The van der Waals surface area contributed by atoms with Crippen LogP contribution in [-0.2, 0) is 20.9 Å². The van der Waals surface area contributed by atoms with Gasteiger partial charge in [0.1, 0.15) is 6.54 Å². The highest BCUT2D eigenvalue weighted by atomic mass is 16.2. The molecule has 1 aliphatic carbocycles. The average Bonchev–Trinajstić information content (AvgIpc) is 2.79. The van der Waals surface area contributed by atoms with Crippen LogP contribution in [-0.4, -0.2) is 29.2 Å². The first kappa shape index (κ1) is 14.8. The minimum absolute atomic E-state index is 0.155. The van der Waals surface area contributed by atoms with Crippen LogP contribution in [0.25, 0.3) is 0 Å². The van der Waals surface area contributed by atoms with Crippen LogP contribution in [0.15, 0.2) is 30.3 Å². The molecular formula is C17H20N2O3. The SMILES string of the molecule is O=C(CN1C(=O)[C@H]2CCCC[C@@H]2C1=O)NCc1ccccc1. The standard InChI is InChI=1S/C17H20N2O3/c20-15(18-10-12-6-2-1-3-7-12)11-19-16(21)13-8-4-5-9-14(13)17(19)22/h1-3,6-7,13-14H,4-5,8-11H2,(H,18,20)/t13-,14-/m0/s1. The van der Waals surface area contributed by atoms with Crippen molar-refractivity contribution in [2.45, 2.75) is 32.2 Å². The molecule has 1 aromatic carbocycles. The molecule has 2 fully saturated rings. The highest BCUT2D eigenvalue weighted by Crippen LogP contribution is 2.37. The molecule has 0 aromatic heterocycles. The fourth-order valence-electron chi connectivity index (χ4n) is 3.38. The molecule has 5 heteroatoms. The lowest BCUT2D eigenvalue weighted by molar-refractivity contribution is -0.143. The fourth-order valence-corrected chi connectivity index (χ4v) is 3.38. The third-order valence-corrected chi connectivity index (χ3v) is 4.57. The van der Waals surface area contributed by atoms with Crippen molar-refractivity contribution in [3.8, 4) is 0 Å². The van der Waals surface area contributed by atoms with Gasteiger partial charge in [-0.1, -0.05) is 43.2 Å². The Morgan fingerprint density at radius 1 is 1.05 bits per heavy atom. The monoisotopic (exact) mass is 300 g/mol. The van der Waals surface area contributed by atoms with Crippen molar-refractivity contribution in [2.24, 2.45) is 11.8 Å². The van der Waals surface area contributed by atoms with E-state index in [9.17, 15) is 14.4 Å². The smallest absolute Gasteiger partial charge is 0.240 e. The van der Waals surface area contributed by atoms with E-state index < -0.39 is 0 Å². The second-order valence-electron chi connectivity index (χ2n) is 6.02. The van der Waals surface area contributed by atoms with Gasteiger partial charge >= 0.3 is 0 Å². The van der Waals surface area contributed by atoms with E-state index in [4.69, 9.17) is 0 Å². The van der Waals surface area contributed by atoms with Gasteiger partial charge in [0.15, 0.2) is 0 Å². The summed E-state index contributed by atoms with van der Waals surface area (Å²) in [6.45, 7) is 0.250. The van der Waals surface area contributed by atoms with E-state index in [0.717, 1.165) is 36.1 Å². The quantitative estimate of drug-likeness (QED) is 0.857. The van der Waals surface area contributed by atoms with Crippen molar-refractivity contribution in [2.75, 3.05) is 6.54 Å². The zero-order valence-corrected chi connectivity index (χ0v) is 12.5. The topological polar surface area (TPSA) is 66.5 Å². The van der Waals surface area contributed by atoms with Gasteiger partial charge in [0.05, 0.1) is 11.8 Å². The third kappa shape index (κ3) is 2.89. The molecule has 22 heavy (non-hydrogen) atoms. The van der Waals surface area contributed by atoms with Crippen molar-refractivity contribution < 1.29 is 14.4 Å². The molecule has 1 aromatic rings. The first-order chi connectivity index (χ1) is 10.7. The van der Waals surface area contributed by atoms with E-state index in [1.54, 1.807) is 0 Å². The summed E-state index contributed by atoms with van der Waals surface area (Å²) in [6, 6.07) is 9.55. The van der Waals surface area contributed by atoms with Crippen LogP contribution in [0, 0.1) is 11.8 Å². The molecule has 1 heterocycles. The first-order valence-electron chi connectivity index (χ1n) is 7.82. The number of nitrogens with one attached hydrogen (secondary N) is 1. The summed E-state index contributed by atoms with van der Waals surface area (Å²) < 4.78 is 0. The molecule has 5 nitrogen and oxygen atoms in total. The molecule has 2 aliphatic rings. The maximum absolute atomic E-state index is 12.3. The van der Waals surface area contributed by atoms with Crippen molar-refractivity contribution in [3.63, 3.8) is 0 Å². The number of amides is 3. The number of fused-ring (bicyclic) bond motifs is 1. The molecule has 116 valence electrons. The second-order valence-corrected chi connectivity index (χ2v) is 6.02. The summed E-state index contributed by atoms with van der Waals surface area (Å²) in [5.74, 6) is -0.996. The molecule has 3 rings (SSSR count). The molecule has 0 unspecified atom stereocenters. The van der Waals surface area contributed by atoms with Crippen molar-refractivity contribution in [3.05, 3.63) is 35.9 Å². The lowest BCUT2D eigenvalue weighted by Crippen LogP contribution is -2.40. The number of carbonyl (C=O) groups is 3. The lowest BCUT2D eigenvalue weighted by atomic mass is 9.81. The zero-order valence-electron chi connectivity index (χ0n) is 12.5. The van der Waals surface area contributed by atoms with Crippen molar-refractivity contribution >= 4 is 17.7 Å². The lowest BCUT2D eigenvalue weighted by Gasteiger charge is -2.19. The summed E-state index contributed by atoms with van der Waals surface area (Å²) in [5, 5.41) is 2.76. The fraction of sp³-hybridized carbons (Fsp3) is 0.471. The molecule has 0 spiro atoms. The Balaban J connectivity index is 1.57. The first-order valence-corrected chi connectivity index (χ1v) is 7.82. The largest absolute Gasteiger partial charge is 0.350 e. The minimum Gasteiger partial charge on any atom is -0.350 e. The summed E-state index contributed by atoms with van der Waals surface area (Å²) in [4.78, 5) is 37.7. The van der Waals surface area contributed by atoms with E-state index in [2.05, 4.69) is 5.32 Å². The van der Waals surface area contributed by atoms with Gasteiger partial charge in [-0.15, -0.1) is 0 Å². The minimum atomic E-state index is -0.288. The summed E-state index contributed by atoms with van der Waals surface area (Å²) >= 11 is 0. The Hall–Kier alpha value is -2.17. The van der Waals surface area contributed by atoms with E-state index >= 15 is 0 Å². The zero-order chi connectivity index (χ0) is 15.5. The van der Waals surface area contributed by atoms with Crippen LogP contribution in [0.1, 0.15) is 31.2 Å². The molecule has 3 amide bonds. The van der Waals surface area contributed by atoms with Crippen LogP contribution in [0.4, 0.5) is 0 Å². The van der Waals surface area contributed by atoms with Gasteiger partial charge in [-0.25, -0.2) is 0 Å². The van der Waals surface area contributed by atoms with Crippen LogP contribution < -0.4 is 5.32 Å². The predicted octanol–water partition coefficient (Wildman–Crippen LogP) is 1.48. The number of carbonyl (C=O) groups excluding carboxylic acids is 3. The number of likely N-dealkylation sites (tertiary alicyclic amines) is 1. The maximum Gasteiger partial charge on any atom is 0.240 e. The Morgan fingerprint density at radius 2 is 1.64 bits per heavy atom. The van der Waals surface area contributed by atoms with Crippen LogP contribution in [0.2, 0.25) is 0 Å². The highest BCUT2D eigenvalue weighted by Gasteiger charge is 2.48. The van der Waals surface area contributed by atoms with Gasteiger partial charge in [0.25, 0.3) is 0 Å². The normalized spacial score (nSPS) is 24.3. The van der Waals surface area contributed by atoms with Crippen LogP contribution in [0.5, 0.6) is 0 Å². The highest BCUT2D eigenvalue weighted by molar-refractivity contribution is 6.07. The summed E-state index contributed by atoms with van der Waals surface area (Å²) in [6.07, 6.45) is 3.54. The molecular weight excluding hydrogens is 280 g/mol. The Morgan fingerprint density at radius 3 is 2.23 bits per heavy atom. The third-order valence-electron chi connectivity index (χ3n) is 4.57. The van der Waals surface area contributed by atoms with Crippen LogP contribution >= 0.6 is 0 Å². The van der Waals surface area contributed by atoms with E-state index in [1.807, 2.05) is 30.3 Å². The molecule has 1 saturated heterocycles. The second kappa shape index (κ2) is 6.30. The molecule has 1 aliphatic heterocycles. The Labute approximate surface area is 129 Å². The number of benzene rings is 1. The van der Waals surface area contributed by atoms with Crippen molar-refractivity contribution in [1.29, 1.82) is 0 Å². The molecule has 0 bridgehead atoms. The number of hydrogen-bond acceptors (Lipinski definition) is 3. The number of imide groups is 1. The van der Waals surface area contributed by atoms with Gasteiger partial charge in [0.2, 0.25) is 17.7 Å². The van der Waals surface area contributed by atoms with E-state index in [0.29, 0.717) is 6.54 Å². The van der Waals surface area contributed by atoms with Gasteiger partial charge in [-0.2, -0.15) is 0 Å². The number of rotatable bonds is 4. The summed E-state index contributed by atoms with van der Waals surface area (Å²) in [7, 11) is 0. The van der Waals surface area contributed by atoms with Gasteiger partial charge in [-0.3, -0.25) is 19.3 Å². The Bertz CT molecular complexity index is 561. The number of hydrogen-bond donors (Lipinski definition) is 1. The van der Waals surface area contributed by atoms with E-state index in [-0.39, 0.29) is 36.1 Å². The maximum atomic E-state index is 12.3. The predicted molar refractivity (Wildman–Crippen MR) is 80.5 cm³/mol. The summed E-state index contributed by atoms with van der Waals surface area (Å²) in [5.41, 5.74) is 0.989. The van der Waals surface area contributed by atoms with Gasteiger partial charge in [0, 0.05) is 6.54 Å². The van der Waals surface area contributed by atoms with Gasteiger partial charge < -0.3 is 5.32 Å². The van der Waals surface area contributed by atoms with Crippen molar-refractivity contribution in [1.82, 2.24) is 10.2 Å². The molecule has 1 N–H and O–H groups in total. The molecule has 1 saturated carbocycles. The number of nitrogens with zero attached hydrogens (tertiary/aromatic N) is 1. The molecule has 2 atom stereocenters. The van der Waals surface area contributed by atoms with E-state index in [1.165, 1.54) is 0 Å².